The molecule has 94 valence electrons. The van der Waals surface area contributed by atoms with E-state index in [2.05, 4.69) is 15.9 Å². The van der Waals surface area contributed by atoms with Gasteiger partial charge in [-0.05, 0) is 30.9 Å². The third-order valence-corrected chi connectivity index (χ3v) is 3.94. The van der Waals surface area contributed by atoms with Crippen LogP contribution in [0, 0.1) is 5.92 Å². The van der Waals surface area contributed by atoms with Crippen molar-refractivity contribution < 1.29 is 9.84 Å². The number of aromatic hydroxyl groups is 1. The molecule has 5 heteroatoms. The molecule has 1 heterocycles. The SMILES string of the molecule is N[C@H](c1cc(Br)cc(Cl)c1O)C1CCOCC1. The summed E-state index contributed by atoms with van der Waals surface area (Å²) in [7, 11) is 0. The highest BCUT2D eigenvalue weighted by Crippen LogP contribution is 2.38. The molecule has 3 nitrogen and oxygen atoms in total. The van der Waals surface area contributed by atoms with Crippen LogP contribution in [0.25, 0.3) is 0 Å². The minimum Gasteiger partial charge on any atom is -0.506 e. The summed E-state index contributed by atoms with van der Waals surface area (Å²) in [5.74, 6) is 0.425. The van der Waals surface area contributed by atoms with Crippen LogP contribution in [0.5, 0.6) is 5.75 Å². The molecule has 1 aromatic carbocycles. The van der Waals surface area contributed by atoms with E-state index in [0.29, 0.717) is 16.5 Å². The number of phenols is 1. The van der Waals surface area contributed by atoms with Gasteiger partial charge < -0.3 is 15.6 Å². The standard InChI is InChI=1S/C12H15BrClNO2/c13-8-5-9(12(16)10(14)6-8)11(15)7-1-3-17-4-2-7/h5-7,11,16H,1-4,15H2/t11-/m0/s1. The van der Waals surface area contributed by atoms with Crippen LogP contribution in [0.15, 0.2) is 16.6 Å². The monoisotopic (exact) mass is 319 g/mol. The van der Waals surface area contributed by atoms with Crippen molar-refractivity contribution in [2.24, 2.45) is 11.7 Å². The molecule has 0 amide bonds. The Morgan fingerprint density at radius 2 is 2.06 bits per heavy atom. The highest BCUT2D eigenvalue weighted by molar-refractivity contribution is 9.10. The summed E-state index contributed by atoms with van der Waals surface area (Å²) in [6, 6.07) is 3.30. The Bertz CT molecular complexity index is 408. The Balaban J connectivity index is 2.26. The molecule has 0 radical (unpaired) electrons. The number of phenolic OH excluding ortho intramolecular Hbond substituents is 1. The molecule has 0 bridgehead atoms. The van der Waals surface area contributed by atoms with Gasteiger partial charge in [0.25, 0.3) is 0 Å². The van der Waals surface area contributed by atoms with Crippen LogP contribution >= 0.6 is 27.5 Å². The molecule has 1 aromatic rings. The third-order valence-electron chi connectivity index (χ3n) is 3.19. The summed E-state index contributed by atoms with van der Waals surface area (Å²) in [6.45, 7) is 1.47. The predicted molar refractivity (Wildman–Crippen MR) is 71.3 cm³/mol. The van der Waals surface area contributed by atoms with Crippen molar-refractivity contribution in [2.75, 3.05) is 13.2 Å². The van der Waals surface area contributed by atoms with Crippen molar-refractivity contribution in [1.82, 2.24) is 0 Å². The number of rotatable bonds is 2. The minimum atomic E-state index is -0.200. The lowest BCUT2D eigenvalue weighted by molar-refractivity contribution is 0.0581. The first-order chi connectivity index (χ1) is 8.09. The molecule has 2 rings (SSSR count). The van der Waals surface area contributed by atoms with Gasteiger partial charge in [-0.15, -0.1) is 0 Å². The van der Waals surface area contributed by atoms with Crippen molar-refractivity contribution in [1.29, 1.82) is 0 Å². The molecule has 0 aromatic heterocycles. The molecule has 0 spiro atoms. The number of ether oxygens (including phenoxy) is 1. The summed E-state index contributed by atoms with van der Waals surface area (Å²) in [4.78, 5) is 0. The lowest BCUT2D eigenvalue weighted by atomic mass is 9.87. The van der Waals surface area contributed by atoms with Crippen LogP contribution in [-0.2, 0) is 4.74 Å². The van der Waals surface area contributed by atoms with E-state index in [9.17, 15) is 5.11 Å². The Labute approximate surface area is 114 Å². The average molecular weight is 321 g/mol. The Morgan fingerprint density at radius 3 is 2.71 bits per heavy atom. The summed E-state index contributed by atoms with van der Waals surface area (Å²) < 4.78 is 6.14. The van der Waals surface area contributed by atoms with E-state index >= 15 is 0 Å². The van der Waals surface area contributed by atoms with Crippen LogP contribution in [-0.4, -0.2) is 18.3 Å². The molecule has 0 saturated carbocycles. The second-order valence-corrected chi connectivity index (χ2v) is 5.62. The van der Waals surface area contributed by atoms with Gasteiger partial charge in [0.15, 0.2) is 0 Å². The first-order valence-electron chi connectivity index (χ1n) is 5.61. The average Bonchev–Trinajstić information content (AvgIpc) is 2.34. The first kappa shape index (κ1) is 13.1. The van der Waals surface area contributed by atoms with Crippen LogP contribution in [0.2, 0.25) is 5.02 Å². The molecule has 1 saturated heterocycles. The smallest absolute Gasteiger partial charge is 0.139 e. The topological polar surface area (TPSA) is 55.5 Å². The molecule has 1 atom stereocenters. The number of hydrogen-bond donors (Lipinski definition) is 2. The van der Waals surface area contributed by atoms with Crippen molar-refractivity contribution >= 4 is 27.5 Å². The van der Waals surface area contributed by atoms with E-state index in [1.165, 1.54) is 0 Å². The highest BCUT2D eigenvalue weighted by atomic mass is 79.9. The summed E-state index contributed by atoms with van der Waals surface area (Å²) in [5, 5.41) is 10.3. The molecule has 0 unspecified atom stereocenters. The van der Waals surface area contributed by atoms with Gasteiger partial charge in [0.1, 0.15) is 5.75 Å². The zero-order chi connectivity index (χ0) is 12.4. The van der Waals surface area contributed by atoms with Gasteiger partial charge in [0.05, 0.1) is 5.02 Å². The maximum Gasteiger partial charge on any atom is 0.139 e. The van der Waals surface area contributed by atoms with Gasteiger partial charge in [-0.3, -0.25) is 0 Å². The fourth-order valence-electron chi connectivity index (χ4n) is 2.17. The van der Waals surface area contributed by atoms with E-state index in [1.807, 2.05) is 6.07 Å². The van der Waals surface area contributed by atoms with E-state index in [1.54, 1.807) is 6.07 Å². The van der Waals surface area contributed by atoms with Crippen molar-refractivity contribution in [3.63, 3.8) is 0 Å². The predicted octanol–water partition coefficient (Wildman–Crippen LogP) is 3.23. The van der Waals surface area contributed by atoms with Crippen molar-refractivity contribution in [3.8, 4) is 5.75 Å². The van der Waals surface area contributed by atoms with E-state index in [-0.39, 0.29) is 11.8 Å². The number of benzene rings is 1. The fraction of sp³-hybridized carbons (Fsp3) is 0.500. The van der Waals surface area contributed by atoms with Gasteiger partial charge in [-0.1, -0.05) is 27.5 Å². The van der Waals surface area contributed by atoms with Gasteiger partial charge in [0, 0.05) is 29.3 Å². The normalized spacial score (nSPS) is 19.2. The fourth-order valence-corrected chi connectivity index (χ4v) is 3.00. The number of hydrogen-bond acceptors (Lipinski definition) is 3. The molecule has 1 fully saturated rings. The van der Waals surface area contributed by atoms with Gasteiger partial charge >= 0.3 is 0 Å². The van der Waals surface area contributed by atoms with Crippen LogP contribution in [0.1, 0.15) is 24.4 Å². The lowest BCUT2D eigenvalue weighted by Crippen LogP contribution is -2.27. The van der Waals surface area contributed by atoms with Gasteiger partial charge in [-0.25, -0.2) is 0 Å². The summed E-state index contributed by atoms with van der Waals surface area (Å²) >= 11 is 9.31. The first-order valence-corrected chi connectivity index (χ1v) is 6.78. The minimum absolute atomic E-state index is 0.0915. The number of nitrogens with two attached hydrogens (primary N) is 1. The summed E-state index contributed by atoms with van der Waals surface area (Å²) in [6.07, 6.45) is 1.84. The van der Waals surface area contributed by atoms with E-state index < -0.39 is 0 Å². The van der Waals surface area contributed by atoms with Crippen LogP contribution < -0.4 is 5.73 Å². The molecule has 1 aliphatic rings. The van der Waals surface area contributed by atoms with Crippen LogP contribution in [0.3, 0.4) is 0 Å². The number of halogens is 2. The largest absolute Gasteiger partial charge is 0.506 e. The lowest BCUT2D eigenvalue weighted by Gasteiger charge is -2.28. The van der Waals surface area contributed by atoms with Crippen molar-refractivity contribution in [2.45, 2.75) is 18.9 Å². The van der Waals surface area contributed by atoms with E-state index in [4.69, 9.17) is 22.1 Å². The highest BCUT2D eigenvalue weighted by Gasteiger charge is 2.25. The van der Waals surface area contributed by atoms with E-state index in [0.717, 1.165) is 30.5 Å². The summed E-state index contributed by atoms with van der Waals surface area (Å²) in [5.41, 5.74) is 6.92. The maximum absolute atomic E-state index is 9.96. The second-order valence-electron chi connectivity index (χ2n) is 4.30. The van der Waals surface area contributed by atoms with Crippen molar-refractivity contribution in [3.05, 3.63) is 27.2 Å². The molecular formula is C12H15BrClNO2. The molecule has 1 aliphatic heterocycles. The van der Waals surface area contributed by atoms with Crippen LogP contribution in [0.4, 0.5) is 0 Å². The zero-order valence-corrected chi connectivity index (χ0v) is 11.7. The zero-order valence-electron chi connectivity index (χ0n) is 9.33. The Morgan fingerprint density at radius 1 is 1.41 bits per heavy atom. The quantitative estimate of drug-likeness (QED) is 0.879. The molecule has 3 N–H and O–H groups in total. The van der Waals surface area contributed by atoms with Gasteiger partial charge in [-0.2, -0.15) is 0 Å². The second kappa shape index (κ2) is 5.57. The Kier molecular flexibility index (Phi) is 4.31. The third kappa shape index (κ3) is 2.94. The Hall–Kier alpha value is -0.290. The molecular weight excluding hydrogens is 305 g/mol. The maximum atomic E-state index is 9.96. The van der Waals surface area contributed by atoms with Gasteiger partial charge in [0.2, 0.25) is 0 Å². The molecule has 0 aliphatic carbocycles. The molecule has 17 heavy (non-hydrogen) atoms.